The summed E-state index contributed by atoms with van der Waals surface area (Å²) in [6.45, 7) is 8.00. The van der Waals surface area contributed by atoms with Gasteiger partial charge in [0.2, 0.25) is 11.1 Å². The summed E-state index contributed by atoms with van der Waals surface area (Å²) in [5.41, 5.74) is 5.28. The maximum atomic E-state index is 13.5. The van der Waals surface area contributed by atoms with Gasteiger partial charge < -0.3 is 10.6 Å². The van der Waals surface area contributed by atoms with Crippen LogP contribution in [0.4, 0.5) is 11.6 Å². The summed E-state index contributed by atoms with van der Waals surface area (Å²) in [7, 11) is 0. The molecule has 1 aromatic carbocycles. The third-order valence-electron chi connectivity index (χ3n) is 5.23. The van der Waals surface area contributed by atoms with Crippen molar-refractivity contribution in [2.24, 2.45) is 0 Å². The van der Waals surface area contributed by atoms with E-state index in [1.807, 2.05) is 51.1 Å². The number of aryl methyl sites for hydroxylation is 1. The molecule has 0 bridgehead atoms. The molecule has 1 aliphatic rings. The Morgan fingerprint density at radius 1 is 1.20 bits per heavy atom. The number of pyridine rings is 1. The monoisotopic (exact) mass is 420 g/mol. The van der Waals surface area contributed by atoms with Gasteiger partial charge in [-0.3, -0.25) is 9.78 Å². The summed E-state index contributed by atoms with van der Waals surface area (Å²) in [6, 6.07) is 9.33. The number of carbonyl (C=O) groups is 1. The number of amides is 1. The second kappa shape index (κ2) is 8.31. The van der Waals surface area contributed by atoms with Crippen LogP contribution in [0.25, 0.3) is 0 Å². The molecule has 30 heavy (non-hydrogen) atoms. The molecule has 0 unspecified atom stereocenters. The minimum absolute atomic E-state index is 0.165. The van der Waals surface area contributed by atoms with Crippen molar-refractivity contribution in [3.63, 3.8) is 0 Å². The summed E-state index contributed by atoms with van der Waals surface area (Å²) in [5, 5.41) is 11.7. The third kappa shape index (κ3) is 3.70. The average molecular weight is 421 g/mol. The van der Waals surface area contributed by atoms with Crippen molar-refractivity contribution in [2.75, 3.05) is 16.4 Å². The predicted molar refractivity (Wildman–Crippen MR) is 120 cm³/mol. The second-order valence-corrected chi connectivity index (χ2v) is 8.38. The maximum absolute atomic E-state index is 13.5. The lowest BCUT2D eigenvalue weighted by Crippen LogP contribution is -2.31. The van der Waals surface area contributed by atoms with Gasteiger partial charge in [-0.2, -0.15) is 4.98 Å². The van der Waals surface area contributed by atoms with E-state index in [1.54, 1.807) is 28.8 Å². The smallest absolute Gasteiger partial charge is 0.255 e. The van der Waals surface area contributed by atoms with Crippen LogP contribution in [0, 0.1) is 13.8 Å². The number of anilines is 2. The van der Waals surface area contributed by atoms with Crippen LogP contribution < -0.4 is 10.6 Å². The highest BCUT2D eigenvalue weighted by molar-refractivity contribution is 7.99. The van der Waals surface area contributed by atoms with Gasteiger partial charge in [0.15, 0.2) is 0 Å². The zero-order chi connectivity index (χ0) is 21.3. The molecular formula is C22H24N6OS. The molecule has 0 spiro atoms. The summed E-state index contributed by atoms with van der Waals surface area (Å²) < 4.78 is 1.79. The first-order valence-electron chi connectivity index (χ1n) is 9.84. The van der Waals surface area contributed by atoms with Gasteiger partial charge >= 0.3 is 0 Å². The van der Waals surface area contributed by atoms with E-state index in [9.17, 15) is 4.79 Å². The van der Waals surface area contributed by atoms with E-state index in [1.165, 1.54) is 0 Å². The van der Waals surface area contributed by atoms with Crippen LogP contribution in [-0.2, 0) is 4.79 Å². The minimum atomic E-state index is -0.395. The predicted octanol–water partition coefficient (Wildman–Crippen LogP) is 4.33. The molecule has 3 aromatic rings. The third-order valence-corrected chi connectivity index (χ3v) is 5.95. The van der Waals surface area contributed by atoms with Crippen LogP contribution in [0.3, 0.4) is 0 Å². The van der Waals surface area contributed by atoms with E-state index in [0.29, 0.717) is 16.7 Å². The first-order chi connectivity index (χ1) is 14.5. The van der Waals surface area contributed by atoms with Crippen LogP contribution in [0.2, 0.25) is 0 Å². The summed E-state index contributed by atoms with van der Waals surface area (Å²) >= 11 is 1.57. The van der Waals surface area contributed by atoms with Crippen molar-refractivity contribution in [1.82, 2.24) is 19.7 Å². The van der Waals surface area contributed by atoms with Gasteiger partial charge in [0.25, 0.3) is 5.91 Å². The molecule has 2 N–H and O–H groups in total. The lowest BCUT2D eigenvalue weighted by atomic mass is 9.95. The molecule has 4 rings (SSSR count). The Labute approximate surface area is 180 Å². The van der Waals surface area contributed by atoms with Gasteiger partial charge in [0.1, 0.15) is 6.04 Å². The Kier molecular flexibility index (Phi) is 5.59. The molecule has 2 aromatic heterocycles. The number of nitrogens with one attached hydrogen (secondary N) is 2. The fourth-order valence-electron chi connectivity index (χ4n) is 3.55. The fraction of sp³-hybridized carbons (Fsp3) is 0.273. The number of hydrogen-bond donors (Lipinski definition) is 2. The zero-order valence-electron chi connectivity index (χ0n) is 17.4. The molecule has 8 heteroatoms. The fourth-order valence-corrected chi connectivity index (χ4v) is 4.10. The van der Waals surface area contributed by atoms with Crippen molar-refractivity contribution in [3.05, 3.63) is 70.7 Å². The van der Waals surface area contributed by atoms with E-state index in [-0.39, 0.29) is 5.91 Å². The van der Waals surface area contributed by atoms with Crippen molar-refractivity contribution in [3.8, 4) is 0 Å². The first kappa shape index (κ1) is 20.2. The largest absolute Gasteiger partial charge is 0.328 e. The number of hydrogen-bond acceptors (Lipinski definition) is 6. The number of benzene rings is 1. The molecule has 1 atom stereocenters. The first-order valence-corrected chi connectivity index (χ1v) is 10.8. The summed E-state index contributed by atoms with van der Waals surface area (Å²) in [4.78, 5) is 22.2. The number of aromatic nitrogens is 4. The van der Waals surface area contributed by atoms with Gasteiger partial charge in [0.05, 0.1) is 5.57 Å². The summed E-state index contributed by atoms with van der Waals surface area (Å²) in [6.07, 6.45) is 3.45. The molecule has 1 aliphatic heterocycles. The maximum Gasteiger partial charge on any atom is 0.255 e. The van der Waals surface area contributed by atoms with Crippen molar-refractivity contribution >= 4 is 29.3 Å². The zero-order valence-corrected chi connectivity index (χ0v) is 18.2. The van der Waals surface area contributed by atoms with Gasteiger partial charge in [-0.25, -0.2) is 4.68 Å². The molecule has 0 saturated heterocycles. The van der Waals surface area contributed by atoms with Crippen LogP contribution in [-0.4, -0.2) is 31.4 Å². The Morgan fingerprint density at radius 2 is 1.97 bits per heavy atom. The quantitative estimate of drug-likeness (QED) is 0.598. The normalized spacial score (nSPS) is 15.5. The number of nitrogens with zero attached hydrogens (tertiary/aromatic N) is 4. The molecule has 0 radical (unpaired) electrons. The van der Waals surface area contributed by atoms with E-state index in [2.05, 4.69) is 32.6 Å². The molecule has 7 nitrogen and oxygen atoms in total. The van der Waals surface area contributed by atoms with E-state index in [0.717, 1.165) is 33.8 Å². The molecule has 0 aliphatic carbocycles. The van der Waals surface area contributed by atoms with Crippen LogP contribution in [0.5, 0.6) is 0 Å². The van der Waals surface area contributed by atoms with Crippen LogP contribution >= 0.6 is 11.8 Å². The Morgan fingerprint density at radius 3 is 2.70 bits per heavy atom. The number of rotatable bonds is 5. The van der Waals surface area contributed by atoms with E-state index in [4.69, 9.17) is 0 Å². The molecule has 0 fully saturated rings. The summed E-state index contributed by atoms with van der Waals surface area (Å²) in [5.74, 6) is 1.34. The second-order valence-electron chi connectivity index (χ2n) is 7.14. The number of fused-ring (bicyclic) bond motifs is 1. The van der Waals surface area contributed by atoms with Gasteiger partial charge in [0, 0.05) is 23.8 Å². The Hall–Kier alpha value is -3.13. The molecule has 0 saturated carbocycles. The highest BCUT2D eigenvalue weighted by atomic mass is 32.2. The van der Waals surface area contributed by atoms with Gasteiger partial charge in [-0.15, -0.1) is 5.10 Å². The number of carbonyl (C=O) groups excluding carboxylic acids is 1. The number of thioether (sulfide) groups is 1. The molecule has 154 valence electrons. The van der Waals surface area contributed by atoms with Crippen LogP contribution in [0.15, 0.2) is 59.2 Å². The Balaban J connectivity index is 1.77. The standard InChI is InChI=1S/C22H24N6OS/c1-5-30-22-26-21-24-15(4)18(19(28(21)27-22)16-9-11-23-12-10-16)20(29)25-17-8-6-7-13(2)14(17)3/h6-12,19H,5H2,1-4H3,(H,25,29)(H,24,26,27)/t19-/m1/s1. The van der Waals surface area contributed by atoms with Crippen molar-refractivity contribution in [2.45, 2.75) is 38.9 Å². The molecule has 3 heterocycles. The molecule has 1 amide bonds. The van der Waals surface area contributed by atoms with Crippen molar-refractivity contribution < 1.29 is 4.79 Å². The Bertz CT molecular complexity index is 1120. The van der Waals surface area contributed by atoms with E-state index >= 15 is 0 Å². The SMILES string of the molecule is CCSc1nc2n(n1)[C@H](c1ccncc1)C(C(=O)Nc1cccc(C)c1C)=C(C)N2. The van der Waals surface area contributed by atoms with Crippen LogP contribution in [0.1, 0.15) is 36.6 Å². The number of allylic oxidation sites excluding steroid dienone is 1. The lowest BCUT2D eigenvalue weighted by Gasteiger charge is -2.28. The van der Waals surface area contributed by atoms with Crippen molar-refractivity contribution in [1.29, 1.82) is 0 Å². The average Bonchev–Trinajstić information content (AvgIpc) is 3.13. The van der Waals surface area contributed by atoms with E-state index < -0.39 is 6.04 Å². The topological polar surface area (TPSA) is 84.7 Å². The highest BCUT2D eigenvalue weighted by Crippen LogP contribution is 2.36. The van der Waals surface area contributed by atoms with Gasteiger partial charge in [-0.1, -0.05) is 30.8 Å². The highest BCUT2D eigenvalue weighted by Gasteiger charge is 2.34. The molecular weight excluding hydrogens is 396 g/mol. The lowest BCUT2D eigenvalue weighted by molar-refractivity contribution is -0.113. The van der Waals surface area contributed by atoms with Gasteiger partial charge in [-0.05, 0) is 61.4 Å². The minimum Gasteiger partial charge on any atom is -0.328 e.